The van der Waals surface area contributed by atoms with Gasteiger partial charge in [0.25, 0.3) is 0 Å². The SMILES string of the molecule is CCCCC(=O)Nc1cncc(-c2ccc3[nH]nc(-c4cc5c(-c6cc(C)cc(F)c6)ccnc5[nH]4)c3n2)c1. The summed E-state index contributed by atoms with van der Waals surface area (Å²) >= 11 is 0. The van der Waals surface area contributed by atoms with Gasteiger partial charge in [-0.1, -0.05) is 19.4 Å². The molecule has 5 heterocycles. The number of pyridine rings is 3. The second-order valence-electron chi connectivity index (χ2n) is 9.60. The number of amides is 1. The normalized spacial score (nSPS) is 11.4. The first kappa shape index (κ1) is 24.4. The molecule has 0 aliphatic rings. The van der Waals surface area contributed by atoms with Gasteiger partial charge in [-0.25, -0.2) is 14.4 Å². The molecule has 194 valence electrons. The minimum absolute atomic E-state index is 0.0310. The fourth-order valence-corrected chi connectivity index (χ4v) is 4.75. The number of rotatable bonds is 7. The Balaban J connectivity index is 1.38. The summed E-state index contributed by atoms with van der Waals surface area (Å²) in [6, 6.07) is 14.5. The lowest BCUT2D eigenvalue weighted by molar-refractivity contribution is -0.116. The van der Waals surface area contributed by atoms with Crippen LogP contribution in [0.5, 0.6) is 0 Å². The number of aromatic nitrogens is 6. The van der Waals surface area contributed by atoms with Crippen LogP contribution in [-0.2, 0) is 4.79 Å². The number of halogens is 1. The van der Waals surface area contributed by atoms with Crippen molar-refractivity contribution >= 4 is 33.7 Å². The second kappa shape index (κ2) is 10.1. The number of hydrogen-bond donors (Lipinski definition) is 3. The third kappa shape index (κ3) is 4.86. The standard InChI is InChI=1S/C30H26FN7O/c1-3-4-5-27(39)34-21-13-19(15-32-16-21)24-6-7-25-28(35-24)29(38-37-25)26-14-23-22(8-9-33-30(23)36-26)18-10-17(2)11-20(31)12-18/h6-16H,3-5H2,1-2H3,(H,33,36)(H,34,39)(H,37,38). The van der Waals surface area contributed by atoms with Crippen LogP contribution in [0.3, 0.4) is 0 Å². The zero-order chi connectivity index (χ0) is 26.9. The van der Waals surface area contributed by atoms with E-state index in [2.05, 4.69) is 37.4 Å². The Morgan fingerprint density at radius 2 is 1.95 bits per heavy atom. The van der Waals surface area contributed by atoms with Gasteiger partial charge < -0.3 is 10.3 Å². The van der Waals surface area contributed by atoms with Gasteiger partial charge in [-0.2, -0.15) is 5.10 Å². The number of hydrogen-bond acceptors (Lipinski definition) is 5. The second-order valence-corrected chi connectivity index (χ2v) is 9.60. The van der Waals surface area contributed by atoms with E-state index in [1.54, 1.807) is 18.6 Å². The van der Waals surface area contributed by atoms with Gasteiger partial charge in [-0.15, -0.1) is 0 Å². The highest BCUT2D eigenvalue weighted by molar-refractivity contribution is 5.99. The Bertz CT molecular complexity index is 1820. The third-order valence-electron chi connectivity index (χ3n) is 6.62. The average molecular weight is 520 g/mol. The van der Waals surface area contributed by atoms with Crippen LogP contribution in [0.4, 0.5) is 10.1 Å². The molecule has 0 bridgehead atoms. The van der Waals surface area contributed by atoms with E-state index in [-0.39, 0.29) is 11.7 Å². The van der Waals surface area contributed by atoms with Crippen LogP contribution in [0, 0.1) is 12.7 Å². The summed E-state index contributed by atoms with van der Waals surface area (Å²) in [5.41, 5.74) is 8.13. The minimum atomic E-state index is -0.278. The van der Waals surface area contributed by atoms with Crippen LogP contribution in [0.1, 0.15) is 31.7 Å². The number of unbranched alkanes of at least 4 members (excludes halogenated alkanes) is 1. The molecule has 0 aliphatic carbocycles. The van der Waals surface area contributed by atoms with Crippen LogP contribution in [0.2, 0.25) is 0 Å². The number of nitrogens with one attached hydrogen (secondary N) is 3. The van der Waals surface area contributed by atoms with Crippen LogP contribution in [0.25, 0.3) is 55.8 Å². The molecular formula is C30H26FN7O. The van der Waals surface area contributed by atoms with E-state index < -0.39 is 0 Å². The van der Waals surface area contributed by atoms with E-state index in [1.165, 1.54) is 12.1 Å². The van der Waals surface area contributed by atoms with Crippen molar-refractivity contribution in [2.24, 2.45) is 0 Å². The van der Waals surface area contributed by atoms with E-state index in [9.17, 15) is 9.18 Å². The lowest BCUT2D eigenvalue weighted by Gasteiger charge is -2.07. The Morgan fingerprint density at radius 1 is 1.05 bits per heavy atom. The Kier molecular flexibility index (Phi) is 6.32. The number of benzene rings is 1. The maximum Gasteiger partial charge on any atom is 0.224 e. The van der Waals surface area contributed by atoms with Crippen molar-refractivity contribution in [3.63, 3.8) is 0 Å². The minimum Gasteiger partial charge on any atom is -0.338 e. The number of carbonyl (C=O) groups excluding carboxylic acids is 1. The molecule has 39 heavy (non-hydrogen) atoms. The molecule has 0 unspecified atom stereocenters. The van der Waals surface area contributed by atoms with Crippen molar-refractivity contribution in [3.05, 3.63) is 78.5 Å². The number of aryl methyl sites for hydroxylation is 1. The first-order valence-corrected chi connectivity index (χ1v) is 12.8. The third-order valence-corrected chi connectivity index (χ3v) is 6.62. The molecule has 0 atom stereocenters. The van der Waals surface area contributed by atoms with E-state index in [0.717, 1.165) is 51.7 Å². The fourth-order valence-electron chi connectivity index (χ4n) is 4.75. The molecule has 0 saturated carbocycles. The predicted molar refractivity (Wildman–Crippen MR) is 150 cm³/mol. The molecule has 0 fully saturated rings. The number of carbonyl (C=O) groups is 1. The first-order valence-electron chi connectivity index (χ1n) is 12.8. The summed E-state index contributed by atoms with van der Waals surface area (Å²) in [6.45, 7) is 3.93. The van der Waals surface area contributed by atoms with Crippen molar-refractivity contribution in [3.8, 4) is 33.8 Å². The molecule has 0 aliphatic heterocycles. The van der Waals surface area contributed by atoms with Gasteiger partial charge in [0.15, 0.2) is 0 Å². The van der Waals surface area contributed by atoms with Crippen LogP contribution in [-0.4, -0.2) is 36.0 Å². The Hall–Kier alpha value is -4.92. The van der Waals surface area contributed by atoms with Gasteiger partial charge in [0.05, 0.1) is 28.8 Å². The number of nitrogens with zero attached hydrogens (tertiary/aromatic N) is 4. The van der Waals surface area contributed by atoms with E-state index in [4.69, 9.17) is 4.98 Å². The quantitative estimate of drug-likeness (QED) is 0.215. The number of aromatic amines is 2. The summed E-state index contributed by atoms with van der Waals surface area (Å²) < 4.78 is 14.2. The molecule has 5 aromatic heterocycles. The number of anilines is 1. The zero-order valence-electron chi connectivity index (χ0n) is 21.5. The summed E-state index contributed by atoms with van der Waals surface area (Å²) in [4.78, 5) is 29.2. The van der Waals surface area contributed by atoms with Gasteiger partial charge in [0.2, 0.25) is 5.91 Å². The van der Waals surface area contributed by atoms with Crippen molar-refractivity contribution in [2.75, 3.05) is 5.32 Å². The number of fused-ring (bicyclic) bond motifs is 2. The molecule has 6 rings (SSSR count). The molecule has 1 aromatic carbocycles. The smallest absolute Gasteiger partial charge is 0.224 e. The maximum atomic E-state index is 14.2. The predicted octanol–water partition coefficient (Wildman–Crippen LogP) is 6.81. The van der Waals surface area contributed by atoms with Gasteiger partial charge in [0, 0.05) is 29.8 Å². The van der Waals surface area contributed by atoms with Crippen molar-refractivity contribution in [1.82, 2.24) is 30.1 Å². The van der Waals surface area contributed by atoms with E-state index in [1.807, 2.05) is 43.3 Å². The molecule has 6 aromatic rings. The molecule has 3 N–H and O–H groups in total. The van der Waals surface area contributed by atoms with Crippen LogP contribution < -0.4 is 5.32 Å². The lowest BCUT2D eigenvalue weighted by atomic mass is 10.0. The van der Waals surface area contributed by atoms with Crippen LogP contribution in [0.15, 0.2) is 67.1 Å². The molecular weight excluding hydrogens is 493 g/mol. The molecule has 9 heteroatoms. The van der Waals surface area contributed by atoms with E-state index >= 15 is 0 Å². The van der Waals surface area contributed by atoms with Gasteiger partial charge in [-0.05, 0) is 72.5 Å². The Morgan fingerprint density at radius 3 is 2.79 bits per heavy atom. The summed E-state index contributed by atoms with van der Waals surface area (Å²) in [5, 5.41) is 11.4. The van der Waals surface area contributed by atoms with Gasteiger partial charge >= 0.3 is 0 Å². The van der Waals surface area contributed by atoms with E-state index in [0.29, 0.717) is 34.7 Å². The van der Waals surface area contributed by atoms with Crippen LogP contribution >= 0.6 is 0 Å². The van der Waals surface area contributed by atoms with Gasteiger partial charge in [-0.3, -0.25) is 14.9 Å². The number of H-pyrrole nitrogens is 2. The highest BCUT2D eigenvalue weighted by Crippen LogP contribution is 2.34. The molecule has 0 radical (unpaired) electrons. The highest BCUT2D eigenvalue weighted by atomic mass is 19.1. The Labute approximate surface area is 223 Å². The average Bonchev–Trinajstić information content (AvgIpc) is 3.55. The summed E-state index contributed by atoms with van der Waals surface area (Å²) in [6.07, 6.45) is 7.33. The maximum absolute atomic E-state index is 14.2. The molecule has 1 amide bonds. The lowest BCUT2D eigenvalue weighted by Crippen LogP contribution is -2.11. The fraction of sp³-hybridized carbons (Fsp3) is 0.167. The van der Waals surface area contributed by atoms with Crippen molar-refractivity contribution in [1.29, 1.82) is 0 Å². The molecule has 8 nitrogen and oxygen atoms in total. The molecule has 0 spiro atoms. The summed E-state index contributed by atoms with van der Waals surface area (Å²) in [7, 11) is 0. The topological polar surface area (TPSA) is 112 Å². The zero-order valence-corrected chi connectivity index (χ0v) is 21.5. The van der Waals surface area contributed by atoms with Crippen molar-refractivity contribution < 1.29 is 9.18 Å². The molecule has 0 saturated heterocycles. The van der Waals surface area contributed by atoms with Gasteiger partial charge in [0.1, 0.15) is 22.7 Å². The largest absolute Gasteiger partial charge is 0.338 e. The first-order chi connectivity index (χ1) is 19.0. The highest BCUT2D eigenvalue weighted by Gasteiger charge is 2.16. The monoisotopic (exact) mass is 519 g/mol. The van der Waals surface area contributed by atoms with Crippen molar-refractivity contribution in [2.45, 2.75) is 33.1 Å². The summed E-state index contributed by atoms with van der Waals surface area (Å²) in [5.74, 6) is -0.309.